The maximum Gasteiger partial charge on any atom is 0.433 e. The number of cyclic esters (lactones) is 1. The second-order valence-corrected chi connectivity index (χ2v) is 0.889. The predicted octanol–water partition coefficient (Wildman–Crippen LogP) is -0.173. The van der Waals surface area contributed by atoms with Gasteiger partial charge in [-0.3, -0.25) is 0 Å². The molecule has 0 aromatic rings. The zero-order valence-electron chi connectivity index (χ0n) is 4.05. The van der Waals surface area contributed by atoms with E-state index in [1.807, 2.05) is 0 Å². The summed E-state index contributed by atoms with van der Waals surface area (Å²) in [7, 11) is 0. The molecule has 1 heterocycles. The van der Waals surface area contributed by atoms with Crippen LogP contribution in [-0.4, -0.2) is 48.5 Å². The predicted molar refractivity (Wildman–Crippen MR) is 25.6 cm³/mol. The monoisotopic (exact) mass is 108 g/mol. The van der Waals surface area contributed by atoms with Crippen LogP contribution >= 0.6 is 0 Å². The van der Waals surface area contributed by atoms with Gasteiger partial charge in [0.05, 0.1) is 0 Å². The van der Waals surface area contributed by atoms with Crippen LogP contribution in [0.25, 0.3) is 0 Å². The summed E-state index contributed by atoms with van der Waals surface area (Å²) in [5.74, 6) is 0. The molecular weight excluding hydrogens is 105 g/mol. The van der Waals surface area contributed by atoms with Crippen molar-refractivity contribution in [2.75, 3.05) is 6.61 Å². The first-order chi connectivity index (χ1) is 2.89. The number of carbonyl (C=O) groups excluding carboxylic acids is 1. The van der Waals surface area contributed by atoms with Gasteiger partial charge in [0.15, 0.2) is 0 Å². The van der Waals surface area contributed by atoms with Gasteiger partial charge >= 0.3 is 6.09 Å². The minimum Gasteiger partial charge on any atom is -0.442 e. The van der Waals surface area contributed by atoms with Gasteiger partial charge in [-0.15, -0.1) is 0 Å². The van der Waals surface area contributed by atoms with Gasteiger partial charge in [-0.1, -0.05) is 0 Å². The summed E-state index contributed by atoms with van der Waals surface area (Å²) in [6, 6.07) is 0. The van der Waals surface area contributed by atoms with Crippen molar-refractivity contribution in [3.8, 4) is 0 Å². The van der Waals surface area contributed by atoms with E-state index in [0.717, 1.165) is 0 Å². The molecule has 0 aromatic carbocycles. The van der Waals surface area contributed by atoms with E-state index >= 15 is 0 Å². The van der Waals surface area contributed by atoms with Gasteiger partial charge in [-0.25, -0.2) is 4.79 Å². The first-order valence-electron chi connectivity index (χ1n) is 1.59. The number of amides is 1. The molecule has 1 radical (unpaired) electrons. The Balaban J connectivity index is 0.000000360. The van der Waals surface area contributed by atoms with E-state index < -0.39 is 6.09 Å². The molecule has 1 amide bonds. The van der Waals surface area contributed by atoms with Crippen LogP contribution in [0.1, 0.15) is 0 Å². The Morgan fingerprint density at radius 1 is 1.86 bits per heavy atom. The van der Waals surface area contributed by atoms with Gasteiger partial charge in [0.25, 0.3) is 0 Å². The Labute approximate surface area is 63.0 Å². The zero-order valence-corrected chi connectivity index (χ0v) is 6.05. The summed E-state index contributed by atoms with van der Waals surface area (Å²) >= 11 is 0. The molecule has 0 aromatic heterocycles. The van der Waals surface area contributed by atoms with Crippen LogP contribution in [0.2, 0.25) is 0 Å². The van der Waals surface area contributed by atoms with Crippen molar-refractivity contribution in [1.29, 1.82) is 0 Å². The number of rotatable bonds is 0. The van der Waals surface area contributed by atoms with Crippen molar-refractivity contribution in [2.24, 2.45) is 4.99 Å². The van der Waals surface area contributed by atoms with Crippen LogP contribution in [0.5, 0.6) is 0 Å². The third-order valence-electron chi connectivity index (χ3n) is 0.478. The van der Waals surface area contributed by atoms with Crippen molar-refractivity contribution >= 4 is 41.9 Å². The largest absolute Gasteiger partial charge is 0.442 e. The van der Waals surface area contributed by atoms with Crippen molar-refractivity contribution in [3.63, 3.8) is 0 Å². The number of hydrogen-bond acceptors (Lipinski definition) is 2. The van der Waals surface area contributed by atoms with Crippen molar-refractivity contribution in [1.82, 2.24) is 0 Å². The minimum atomic E-state index is -0.477. The van der Waals surface area contributed by atoms with Gasteiger partial charge in [0.1, 0.15) is 6.61 Å². The molecule has 0 atom stereocenters. The van der Waals surface area contributed by atoms with Crippen molar-refractivity contribution in [2.45, 2.75) is 0 Å². The fourth-order valence-electron chi connectivity index (χ4n) is 0.258. The molecule has 0 spiro atoms. The average molecular weight is 108 g/mol. The third-order valence-corrected chi connectivity index (χ3v) is 0.478. The van der Waals surface area contributed by atoms with Gasteiger partial charge in [-0.2, -0.15) is 4.99 Å². The molecule has 0 bridgehead atoms. The molecule has 1 rings (SSSR count). The summed E-state index contributed by atoms with van der Waals surface area (Å²) in [6.45, 7) is 0.346. The van der Waals surface area contributed by atoms with E-state index in [1.54, 1.807) is 0 Å². The second-order valence-electron chi connectivity index (χ2n) is 0.889. The molecule has 7 heavy (non-hydrogen) atoms. The van der Waals surface area contributed by atoms with E-state index in [1.165, 1.54) is 6.21 Å². The number of hydrogen-bond donors (Lipinski definition) is 0. The van der Waals surface area contributed by atoms with Crippen molar-refractivity contribution in [3.05, 3.63) is 0 Å². The molecule has 1 aliphatic heterocycles. The summed E-state index contributed by atoms with van der Waals surface area (Å²) in [5, 5.41) is 0. The number of aliphatic imine (C=N–C) groups is 1. The molecule has 0 aliphatic carbocycles. The van der Waals surface area contributed by atoms with Crippen LogP contribution < -0.4 is 0 Å². The average Bonchev–Trinajstić information content (AvgIpc) is 1.86. The number of nitrogens with zero attached hydrogens (tertiary/aromatic N) is 1. The van der Waals surface area contributed by atoms with Crippen LogP contribution in [0.15, 0.2) is 4.99 Å². The first-order valence-corrected chi connectivity index (χ1v) is 1.59. The Morgan fingerprint density at radius 3 is 2.71 bits per heavy atom. The molecule has 0 N–H and O–H groups in total. The zero-order chi connectivity index (χ0) is 4.41. The van der Waals surface area contributed by atoms with Gasteiger partial charge in [0.2, 0.25) is 0 Å². The summed E-state index contributed by atoms with van der Waals surface area (Å²) in [5.41, 5.74) is 0. The molecule has 3 nitrogen and oxygen atoms in total. The quantitative estimate of drug-likeness (QED) is 0.404. The maximum absolute atomic E-state index is 9.82. The van der Waals surface area contributed by atoms with Crippen LogP contribution in [0.3, 0.4) is 0 Å². The standard InChI is InChI=1S/C3H3NO2.Na/c5-3-4-1-2-6-3;/h1H,2H2;. The Bertz CT molecular complexity index is 101. The van der Waals surface area contributed by atoms with Gasteiger partial charge < -0.3 is 4.74 Å². The SMILES string of the molecule is O=C1N=CCO1.[Na]. The van der Waals surface area contributed by atoms with E-state index in [4.69, 9.17) is 0 Å². The van der Waals surface area contributed by atoms with Crippen LogP contribution in [0, 0.1) is 0 Å². The summed E-state index contributed by atoms with van der Waals surface area (Å²) in [6.07, 6.45) is 0.956. The van der Waals surface area contributed by atoms with Crippen molar-refractivity contribution < 1.29 is 9.53 Å². The molecular formula is C3H3NNaO2. The normalized spacial score (nSPS) is 15.7. The minimum absolute atomic E-state index is 0. The van der Waals surface area contributed by atoms with Crippen LogP contribution in [0.4, 0.5) is 4.79 Å². The fourth-order valence-corrected chi connectivity index (χ4v) is 0.258. The van der Waals surface area contributed by atoms with E-state index in [9.17, 15) is 4.79 Å². The summed E-state index contributed by atoms with van der Waals surface area (Å²) in [4.78, 5) is 13.1. The number of ether oxygens (including phenoxy) is 1. The Morgan fingerprint density at radius 2 is 2.57 bits per heavy atom. The molecule has 1 aliphatic rings. The molecule has 0 saturated carbocycles. The van der Waals surface area contributed by atoms with Crippen LogP contribution in [-0.2, 0) is 4.74 Å². The fraction of sp³-hybridized carbons (Fsp3) is 0.333. The molecule has 33 valence electrons. The molecule has 0 unspecified atom stereocenters. The Kier molecular flexibility index (Phi) is 3.25. The van der Waals surface area contributed by atoms with E-state index in [-0.39, 0.29) is 29.6 Å². The molecule has 0 saturated heterocycles. The Hall–Kier alpha value is 0.140. The third kappa shape index (κ3) is 2.06. The van der Waals surface area contributed by atoms with Gasteiger partial charge in [-0.05, 0) is 0 Å². The summed E-state index contributed by atoms with van der Waals surface area (Å²) < 4.78 is 4.29. The van der Waals surface area contributed by atoms with E-state index in [2.05, 4.69) is 9.73 Å². The second kappa shape index (κ2) is 3.18. The van der Waals surface area contributed by atoms with E-state index in [0.29, 0.717) is 6.61 Å². The van der Waals surface area contributed by atoms with Gasteiger partial charge in [0, 0.05) is 35.8 Å². The molecule has 4 heteroatoms. The molecule has 0 fully saturated rings. The number of carbonyl (C=O) groups is 1. The maximum atomic E-state index is 9.82. The first kappa shape index (κ1) is 7.14. The topological polar surface area (TPSA) is 38.7 Å². The smallest absolute Gasteiger partial charge is 0.433 e.